The molecule has 0 saturated heterocycles. The van der Waals surface area contributed by atoms with Crippen molar-refractivity contribution < 1.29 is 1.43 Å². The van der Waals surface area contributed by atoms with E-state index in [0.717, 1.165) is 13.1 Å². The average Bonchev–Trinajstić information content (AvgIpc) is 2.04. The summed E-state index contributed by atoms with van der Waals surface area (Å²) >= 11 is 0. The summed E-state index contributed by atoms with van der Waals surface area (Å²) in [5, 5.41) is 3.28. The Balaban J connectivity index is 0.00000121. The summed E-state index contributed by atoms with van der Waals surface area (Å²) in [6, 6.07) is 8.62. The van der Waals surface area contributed by atoms with Crippen LogP contribution in [0.1, 0.15) is 19.5 Å². The SMILES string of the molecule is CCNCc1ccc(C)cc1.[HH]. The fourth-order valence-electron chi connectivity index (χ4n) is 0.975. The Bertz CT molecular complexity index is 206. The summed E-state index contributed by atoms with van der Waals surface area (Å²) in [6.45, 7) is 6.25. The Morgan fingerprint density at radius 3 is 2.45 bits per heavy atom. The number of rotatable bonds is 3. The van der Waals surface area contributed by atoms with Crippen LogP contribution in [0.4, 0.5) is 0 Å². The van der Waals surface area contributed by atoms with Gasteiger partial charge in [-0.2, -0.15) is 0 Å². The molecule has 1 aromatic carbocycles. The van der Waals surface area contributed by atoms with E-state index in [0.29, 0.717) is 0 Å². The van der Waals surface area contributed by atoms with Crippen LogP contribution >= 0.6 is 0 Å². The molecule has 0 bridgehead atoms. The monoisotopic (exact) mass is 151 g/mol. The average molecular weight is 151 g/mol. The molecule has 0 fully saturated rings. The normalized spacial score (nSPS) is 10.0. The van der Waals surface area contributed by atoms with Crippen LogP contribution in [-0.2, 0) is 6.54 Å². The number of benzene rings is 1. The number of hydrogen-bond acceptors (Lipinski definition) is 1. The zero-order valence-electron chi connectivity index (χ0n) is 7.22. The predicted molar refractivity (Wildman–Crippen MR) is 50.7 cm³/mol. The highest BCUT2D eigenvalue weighted by Crippen LogP contribution is 2.01. The Kier molecular flexibility index (Phi) is 3.12. The Morgan fingerprint density at radius 1 is 1.27 bits per heavy atom. The van der Waals surface area contributed by atoms with Gasteiger partial charge in [-0.05, 0) is 19.0 Å². The molecule has 0 amide bonds. The van der Waals surface area contributed by atoms with E-state index < -0.39 is 0 Å². The van der Waals surface area contributed by atoms with Crippen molar-refractivity contribution in [1.29, 1.82) is 0 Å². The van der Waals surface area contributed by atoms with E-state index in [2.05, 4.69) is 43.4 Å². The van der Waals surface area contributed by atoms with Gasteiger partial charge in [-0.1, -0.05) is 36.8 Å². The van der Waals surface area contributed by atoms with E-state index in [1.165, 1.54) is 11.1 Å². The number of aryl methyl sites for hydroxylation is 1. The highest BCUT2D eigenvalue weighted by Gasteiger charge is 1.88. The van der Waals surface area contributed by atoms with Crippen molar-refractivity contribution in [3.63, 3.8) is 0 Å². The minimum atomic E-state index is 0. The summed E-state index contributed by atoms with van der Waals surface area (Å²) in [7, 11) is 0. The molecular weight excluding hydrogens is 134 g/mol. The lowest BCUT2D eigenvalue weighted by atomic mass is 10.1. The van der Waals surface area contributed by atoms with Crippen molar-refractivity contribution in [3.8, 4) is 0 Å². The van der Waals surface area contributed by atoms with Crippen molar-refractivity contribution in [2.24, 2.45) is 0 Å². The molecular formula is C10H17N. The highest BCUT2D eigenvalue weighted by molar-refractivity contribution is 5.20. The van der Waals surface area contributed by atoms with Gasteiger partial charge in [0.25, 0.3) is 0 Å². The fourth-order valence-corrected chi connectivity index (χ4v) is 0.975. The van der Waals surface area contributed by atoms with Crippen LogP contribution in [0.5, 0.6) is 0 Å². The smallest absolute Gasteiger partial charge is 0.0205 e. The van der Waals surface area contributed by atoms with Gasteiger partial charge < -0.3 is 5.32 Å². The highest BCUT2D eigenvalue weighted by atomic mass is 14.8. The first-order valence-corrected chi connectivity index (χ1v) is 4.09. The van der Waals surface area contributed by atoms with Crippen LogP contribution in [0.15, 0.2) is 24.3 Å². The van der Waals surface area contributed by atoms with Gasteiger partial charge in [-0.3, -0.25) is 0 Å². The maximum atomic E-state index is 3.28. The van der Waals surface area contributed by atoms with Gasteiger partial charge in [-0.25, -0.2) is 0 Å². The summed E-state index contributed by atoms with van der Waals surface area (Å²) in [5.41, 5.74) is 2.68. The molecule has 0 unspecified atom stereocenters. The van der Waals surface area contributed by atoms with Gasteiger partial charge in [0, 0.05) is 7.97 Å². The van der Waals surface area contributed by atoms with Crippen LogP contribution in [0, 0.1) is 6.92 Å². The quantitative estimate of drug-likeness (QED) is 0.699. The zero-order valence-corrected chi connectivity index (χ0v) is 7.22. The standard InChI is InChI=1S/C10H15N.H2/c1-3-11-8-10-6-4-9(2)5-7-10;/h4-7,11H,3,8H2,1-2H3;1H. The largest absolute Gasteiger partial charge is 0.313 e. The lowest BCUT2D eigenvalue weighted by Gasteiger charge is -2.01. The Hall–Kier alpha value is -0.820. The van der Waals surface area contributed by atoms with Crippen LogP contribution in [0.3, 0.4) is 0 Å². The summed E-state index contributed by atoms with van der Waals surface area (Å²) in [4.78, 5) is 0. The van der Waals surface area contributed by atoms with E-state index in [1.807, 2.05) is 0 Å². The van der Waals surface area contributed by atoms with E-state index in [1.54, 1.807) is 0 Å². The van der Waals surface area contributed by atoms with Gasteiger partial charge >= 0.3 is 0 Å². The molecule has 0 saturated carbocycles. The summed E-state index contributed by atoms with van der Waals surface area (Å²) in [5.74, 6) is 0. The van der Waals surface area contributed by atoms with Crippen molar-refractivity contribution in [3.05, 3.63) is 35.4 Å². The maximum Gasteiger partial charge on any atom is 0.0205 e. The molecule has 1 aromatic rings. The molecule has 0 aromatic heterocycles. The third kappa shape index (κ3) is 2.72. The molecule has 62 valence electrons. The van der Waals surface area contributed by atoms with Crippen LogP contribution < -0.4 is 5.32 Å². The fraction of sp³-hybridized carbons (Fsp3) is 0.400. The molecule has 11 heavy (non-hydrogen) atoms. The minimum absolute atomic E-state index is 0. The second-order valence-electron chi connectivity index (χ2n) is 2.77. The predicted octanol–water partition coefficient (Wildman–Crippen LogP) is 2.35. The lowest BCUT2D eigenvalue weighted by molar-refractivity contribution is 0.727. The van der Waals surface area contributed by atoms with Crippen molar-refractivity contribution in [2.75, 3.05) is 6.54 Å². The number of hydrogen-bond donors (Lipinski definition) is 1. The van der Waals surface area contributed by atoms with E-state index in [9.17, 15) is 0 Å². The molecule has 0 radical (unpaired) electrons. The molecule has 1 N–H and O–H groups in total. The topological polar surface area (TPSA) is 12.0 Å². The van der Waals surface area contributed by atoms with E-state index >= 15 is 0 Å². The van der Waals surface area contributed by atoms with Crippen molar-refractivity contribution >= 4 is 0 Å². The second-order valence-corrected chi connectivity index (χ2v) is 2.77. The minimum Gasteiger partial charge on any atom is -0.313 e. The molecule has 1 heteroatoms. The molecule has 0 heterocycles. The molecule has 1 rings (SSSR count). The van der Waals surface area contributed by atoms with Gasteiger partial charge in [0.2, 0.25) is 0 Å². The third-order valence-electron chi connectivity index (χ3n) is 1.70. The Labute approximate surface area is 69.9 Å². The molecule has 0 spiro atoms. The maximum absolute atomic E-state index is 3.28. The van der Waals surface area contributed by atoms with Crippen LogP contribution in [-0.4, -0.2) is 6.54 Å². The first kappa shape index (κ1) is 8.28. The molecule has 0 aliphatic heterocycles. The molecule has 0 aliphatic carbocycles. The first-order chi connectivity index (χ1) is 5.33. The van der Waals surface area contributed by atoms with Gasteiger partial charge in [0.05, 0.1) is 0 Å². The summed E-state index contributed by atoms with van der Waals surface area (Å²) < 4.78 is 0. The molecule has 0 atom stereocenters. The first-order valence-electron chi connectivity index (χ1n) is 4.09. The van der Waals surface area contributed by atoms with Gasteiger partial charge in [0.15, 0.2) is 0 Å². The van der Waals surface area contributed by atoms with Crippen molar-refractivity contribution in [1.82, 2.24) is 5.32 Å². The van der Waals surface area contributed by atoms with Crippen LogP contribution in [0.25, 0.3) is 0 Å². The molecule has 0 aliphatic rings. The zero-order chi connectivity index (χ0) is 8.10. The lowest BCUT2D eigenvalue weighted by Crippen LogP contribution is -2.11. The third-order valence-corrected chi connectivity index (χ3v) is 1.70. The summed E-state index contributed by atoms with van der Waals surface area (Å²) in [6.07, 6.45) is 0. The molecule has 1 nitrogen and oxygen atoms in total. The van der Waals surface area contributed by atoms with E-state index in [4.69, 9.17) is 0 Å². The van der Waals surface area contributed by atoms with Gasteiger partial charge in [0.1, 0.15) is 0 Å². The Morgan fingerprint density at radius 2 is 1.91 bits per heavy atom. The van der Waals surface area contributed by atoms with Gasteiger partial charge in [-0.15, -0.1) is 0 Å². The van der Waals surface area contributed by atoms with E-state index in [-0.39, 0.29) is 1.43 Å². The number of nitrogens with one attached hydrogen (secondary N) is 1. The van der Waals surface area contributed by atoms with Crippen molar-refractivity contribution in [2.45, 2.75) is 20.4 Å². The van der Waals surface area contributed by atoms with Crippen LogP contribution in [0.2, 0.25) is 0 Å². The second kappa shape index (κ2) is 4.14.